The summed E-state index contributed by atoms with van der Waals surface area (Å²) in [5.41, 5.74) is -0.659. The van der Waals surface area contributed by atoms with Gasteiger partial charge in [-0.1, -0.05) is 6.58 Å². The average Bonchev–Trinajstić information content (AvgIpc) is 3.39. The van der Waals surface area contributed by atoms with Gasteiger partial charge in [0.1, 0.15) is 23.4 Å². The van der Waals surface area contributed by atoms with Gasteiger partial charge in [0.25, 0.3) is 5.91 Å². The molecule has 0 radical (unpaired) electrons. The largest absolute Gasteiger partial charge is 0.444 e. The second-order valence-electron chi connectivity index (χ2n) is 9.50. The van der Waals surface area contributed by atoms with Crippen molar-refractivity contribution < 1.29 is 32.2 Å². The van der Waals surface area contributed by atoms with Crippen molar-refractivity contribution in [3.63, 3.8) is 0 Å². The third-order valence-corrected chi connectivity index (χ3v) is 6.04. The molecular weight excluding hydrogens is 551 g/mol. The molecule has 0 fully saturated rings. The van der Waals surface area contributed by atoms with Crippen LogP contribution in [0.4, 0.5) is 23.8 Å². The number of amides is 2. The highest BCUT2D eigenvalue weighted by molar-refractivity contribution is 7.14. The minimum Gasteiger partial charge on any atom is -0.444 e. The summed E-state index contributed by atoms with van der Waals surface area (Å²) in [7, 11) is 2.71. The second-order valence-corrected chi connectivity index (χ2v) is 10.5. The van der Waals surface area contributed by atoms with Crippen LogP contribution in [0.2, 0.25) is 0 Å². The molecule has 214 valence electrons. The number of hydrogen-bond acceptors (Lipinski definition) is 9. The van der Waals surface area contributed by atoms with E-state index in [0.29, 0.717) is 20.9 Å². The van der Waals surface area contributed by atoms with Gasteiger partial charge in [-0.05, 0) is 39.8 Å². The number of allylic oxidation sites excluding steroid dienone is 1. The third kappa shape index (κ3) is 8.11. The quantitative estimate of drug-likeness (QED) is 0.285. The topological polar surface area (TPSA) is 124 Å². The highest BCUT2D eigenvalue weighted by Gasteiger charge is 2.35. The van der Waals surface area contributed by atoms with E-state index in [0.717, 1.165) is 24.5 Å². The number of halogens is 3. The summed E-state index contributed by atoms with van der Waals surface area (Å²) in [4.78, 5) is 39.2. The van der Waals surface area contributed by atoms with Crippen molar-refractivity contribution in [3.8, 4) is 5.88 Å². The molecule has 3 aromatic rings. The van der Waals surface area contributed by atoms with Crippen LogP contribution in [-0.2, 0) is 24.5 Å². The zero-order valence-electron chi connectivity index (χ0n) is 22.7. The number of ether oxygens (including phenoxy) is 2. The van der Waals surface area contributed by atoms with Crippen molar-refractivity contribution in [2.24, 2.45) is 7.05 Å². The molecule has 0 atom stereocenters. The summed E-state index contributed by atoms with van der Waals surface area (Å²) in [6.07, 6.45) is -0.811. The van der Waals surface area contributed by atoms with Crippen molar-refractivity contribution in [2.75, 3.05) is 12.4 Å². The Kier molecular flexibility index (Phi) is 8.97. The Balaban J connectivity index is 1.72. The molecule has 3 heterocycles. The molecule has 2 amide bonds. The van der Waals surface area contributed by atoms with Crippen LogP contribution in [0.1, 0.15) is 52.5 Å². The highest BCUT2D eigenvalue weighted by Crippen LogP contribution is 2.31. The van der Waals surface area contributed by atoms with Crippen LogP contribution >= 0.6 is 11.3 Å². The minimum absolute atomic E-state index is 0.0147. The first-order valence-electron chi connectivity index (χ1n) is 11.7. The van der Waals surface area contributed by atoms with Gasteiger partial charge in [0.05, 0.1) is 22.8 Å². The van der Waals surface area contributed by atoms with Crippen LogP contribution in [-0.4, -0.2) is 54.3 Å². The van der Waals surface area contributed by atoms with E-state index >= 15 is 0 Å². The van der Waals surface area contributed by atoms with Crippen molar-refractivity contribution >= 4 is 35.2 Å². The number of carbonyl (C=O) groups excluding carboxylic acids is 2. The summed E-state index contributed by atoms with van der Waals surface area (Å²) >= 11 is 1.00. The molecule has 0 unspecified atom stereocenters. The Morgan fingerprint density at radius 1 is 1.23 bits per heavy atom. The number of hydrogen-bond donors (Lipinski definition) is 1. The van der Waals surface area contributed by atoms with Crippen LogP contribution in [0.5, 0.6) is 5.88 Å². The number of anilines is 1. The fraction of sp³-hybridized carbons (Fsp3) is 0.360. The van der Waals surface area contributed by atoms with Crippen molar-refractivity contribution in [3.05, 3.63) is 63.8 Å². The highest BCUT2D eigenvalue weighted by atomic mass is 32.1. The molecule has 0 aliphatic carbocycles. The van der Waals surface area contributed by atoms with E-state index in [1.807, 2.05) is 0 Å². The van der Waals surface area contributed by atoms with Crippen LogP contribution in [0, 0.1) is 6.92 Å². The molecule has 3 rings (SSSR count). The molecule has 11 nitrogen and oxygen atoms in total. The summed E-state index contributed by atoms with van der Waals surface area (Å²) in [5, 5.41) is 6.03. The number of nitrogens with zero attached hydrogens (tertiary/aromatic N) is 6. The average molecular weight is 580 g/mol. The normalized spacial score (nSPS) is 12.2. The first-order chi connectivity index (χ1) is 18.6. The standard InChI is InChI=1S/C25H28F3N7O4S/c1-8-16(38-20-9-15(29-13-30-20)12-34(6)23(37)39-24(3,4)5)10-17-14(2)31-22(40-17)21(36)32-19-11-18(25(26,27)28)35(7)33-19/h8-11,13H,1,12H2,2-7H3,(H,32,33,36). The maximum absolute atomic E-state index is 13.0. The Bertz CT molecular complexity index is 1440. The Morgan fingerprint density at radius 3 is 2.52 bits per heavy atom. The molecule has 15 heteroatoms. The molecule has 0 aliphatic heterocycles. The number of aromatic nitrogens is 5. The summed E-state index contributed by atoms with van der Waals surface area (Å²) in [6.45, 7) is 10.9. The molecule has 0 spiro atoms. The van der Waals surface area contributed by atoms with Gasteiger partial charge in [0, 0.05) is 26.2 Å². The molecule has 1 N–H and O–H groups in total. The summed E-state index contributed by atoms with van der Waals surface area (Å²) in [5.74, 6) is -0.500. The Hall–Kier alpha value is -4.27. The monoisotopic (exact) mass is 579 g/mol. The first-order valence-corrected chi connectivity index (χ1v) is 12.5. The molecule has 0 bridgehead atoms. The number of alkyl halides is 3. The van der Waals surface area contributed by atoms with Crippen molar-refractivity contribution in [1.82, 2.24) is 29.6 Å². The molecular formula is C25H28F3N7O4S. The molecule has 0 aliphatic rings. The van der Waals surface area contributed by atoms with E-state index in [-0.39, 0.29) is 29.0 Å². The molecule has 40 heavy (non-hydrogen) atoms. The van der Waals surface area contributed by atoms with Gasteiger partial charge in [0.2, 0.25) is 5.88 Å². The number of carbonyl (C=O) groups is 2. The van der Waals surface area contributed by atoms with E-state index in [1.54, 1.807) is 46.9 Å². The zero-order valence-corrected chi connectivity index (χ0v) is 23.5. The summed E-state index contributed by atoms with van der Waals surface area (Å²) in [6, 6.07) is 2.29. The zero-order chi connectivity index (χ0) is 29.8. The van der Waals surface area contributed by atoms with Crippen LogP contribution in [0.3, 0.4) is 0 Å². The first kappa shape index (κ1) is 30.3. The number of aryl methyl sites for hydroxylation is 2. The fourth-order valence-corrected chi connectivity index (χ4v) is 4.05. The van der Waals surface area contributed by atoms with Gasteiger partial charge in [-0.15, -0.1) is 11.3 Å². The Labute approximate surface area is 232 Å². The SMILES string of the molecule is C=CC(=Cc1sc(C(=O)Nc2cc(C(F)(F)F)n(C)n2)nc1C)Oc1cc(CN(C)C(=O)OC(C)(C)C)ncn1. The summed E-state index contributed by atoms with van der Waals surface area (Å²) < 4.78 is 50.8. The molecule has 0 saturated carbocycles. The number of thiazole rings is 1. The van der Waals surface area contributed by atoms with Gasteiger partial charge in [-0.3, -0.25) is 9.48 Å². The van der Waals surface area contributed by atoms with Crippen LogP contribution in [0.25, 0.3) is 6.08 Å². The molecule has 0 saturated heterocycles. The van der Waals surface area contributed by atoms with E-state index in [9.17, 15) is 22.8 Å². The second kappa shape index (κ2) is 11.9. The third-order valence-electron chi connectivity index (χ3n) is 4.94. The fourth-order valence-electron chi connectivity index (χ4n) is 3.15. The van der Waals surface area contributed by atoms with Crippen molar-refractivity contribution in [1.29, 1.82) is 0 Å². The number of nitrogens with one attached hydrogen (secondary N) is 1. The van der Waals surface area contributed by atoms with Gasteiger partial charge < -0.3 is 19.7 Å². The lowest BCUT2D eigenvalue weighted by Crippen LogP contribution is -2.34. The van der Waals surface area contributed by atoms with Gasteiger partial charge >= 0.3 is 12.3 Å². The lowest BCUT2D eigenvalue weighted by atomic mass is 10.2. The minimum atomic E-state index is -4.61. The van der Waals surface area contributed by atoms with E-state index in [2.05, 4.69) is 31.9 Å². The lowest BCUT2D eigenvalue weighted by Gasteiger charge is -2.24. The predicted octanol–water partition coefficient (Wildman–Crippen LogP) is 5.22. The van der Waals surface area contributed by atoms with Gasteiger partial charge in [-0.2, -0.15) is 18.3 Å². The van der Waals surface area contributed by atoms with E-state index < -0.39 is 29.5 Å². The molecule has 3 aromatic heterocycles. The maximum atomic E-state index is 13.0. The predicted molar refractivity (Wildman–Crippen MR) is 142 cm³/mol. The smallest absolute Gasteiger partial charge is 0.433 e. The Morgan fingerprint density at radius 2 is 1.93 bits per heavy atom. The lowest BCUT2D eigenvalue weighted by molar-refractivity contribution is -0.143. The number of rotatable bonds is 8. The van der Waals surface area contributed by atoms with Gasteiger partial charge in [-0.25, -0.2) is 19.7 Å². The van der Waals surface area contributed by atoms with Crippen LogP contribution < -0.4 is 10.1 Å². The van der Waals surface area contributed by atoms with E-state index in [4.69, 9.17) is 9.47 Å². The van der Waals surface area contributed by atoms with E-state index in [1.165, 1.54) is 17.3 Å². The maximum Gasteiger partial charge on any atom is 0.433 e. The van der Waals surface area contributed by atoms with Crippen LogP contribution in [0.15, 0.2) is 36.9 Å². The van der Waals surface area contributed by atoms with Gasteiger partial charge in [0.15, 0.2) is 10.8 Å². The van der Waals surface area contributed by atoms with Crippen molar-refractivity contribution in [2.45, 2.75) is 46.0 Å². The molecule has 0 aromatic carbocycles.